The van der Waals surface area contributed by atoms with Gasteiger partial charge >= 0.3 is 0 Å². The largest absolute Gasteiger partial charge is 0.436 e. The number of benzene rings is 3. The molecular formula is C44H28N6O. The maximum atomic E-state index is 6.34. The van der Waals surface area contributed by atoms with Crippen molar-refractivity contribution in [1.82, 2.24) is 29.9 Å². The fourth-order valence-electron chi connectivity index (χ4n) is 6.30. The van der Waals surface area contributed by atoms with Gasteiger partial charge in [-0.25, -0.2) is 9.97 Å². The van der Waals surface area contributed by atoms with Gasteiger partial charge in [-0.05, 0) is 107 Å². The summed E-state index contributed by atoms with van der Waals surface area (Å²) in [6.07, 6.45) is 14.7. The van der Waals surface area contributed by atoms with Crippen molar-refractivity contribution in [1.29, 1.82) is 0 Å². The maximum Gasteiger partial charge on any atom is 0.227 e. The van der Waals surface area contributed by atoms with E-state index in [9.17, 15) is 0 Å². The van der Waals surface area contributed by atoms with Crippen LogP contribution in [0.25, 0.3) is 89.6 Å². The number of hydrogen-bond donors (Lipinski definition) is 0. The highest BCUT2D eigenvalue weighted by Crippen LogP contribution is 2.38. The standard InChI is InChI=1S/C44H28N6O/c1-2-12-43-40(11-1)50-44(51-43)39-23-41(37-19-33(29-7-3-13-45-25-29)17-34(20-37)30-8-4-14-46-26-30)49-42(24-39)38-21-35(31-9-5-15-47-27-31)18-36(22-38)32-10-6-16-48-28-32/h1-28H. The molecule has 51 heavy (non-hydrogen) atoms. The van der Waals surface area contributed by atoms with Gasteiger partial charge in [0.15, 0.2) is 5.58 Å². The molecule has 0 unspecified atom stereocenters. The number of aromatic nitrogens is 6. The molecule has 0 bridgehead atoms. The van der Waals surface area contributed by atoms with E-state index in [-0.39, 0.29) is 0 Å². The van der Waals surface area contributed by atoms with Gasteiger partial charge in [0.05, 0.1) is 11.4 Å². The van der Waals surface area contributed by atoms with Crippen molar-refractivity contribution < 1.29 is 4.42 Å². The van der Waals surface area contributed by atoms with Crippen LogP contribution in [0.2, 0.25) is 0 Å². The number of pyridine rings is 5. The zero-order chi connectivity index (χ0) is 34.0. The second-order valence-corrected chi connectivity index (χ2v) is 12.2. The zero-order valence-corrected chi connectivity index (χ0v) is 27.3. The van der Waals surface area contributed by atoms with Crippen LogP contribution >= 0.6 is 0 Å². The number of fused-ring (bicyclic) bond motifs is 1. The number of nitrogens with zero attached hydrogens (tertiary/aromatic N) is 6. The van der Waals surface area contributed by atoms with Crippen LogP contribution in [0.5, 0.6) is 0 Å². The molecule has 0 radical (unpaired) electrons. The maximum absolute atomic E-state index is 6.34. The Morgan fingerprint density at radius 1 is 0.333 bits per heavy atom. The van der Waals surface area contributed by atoms with E-state index in [1.54, 1.807) is 24.8 Å². The third-order valence-corrected chi connectivity index (χ3v) is 8.80. The van der Waals surface area contributed by atoms with Crippen LogP contribution in [0.3, 0.4) is 0 Å². The molecule has 0 N–H and O–H groups in total. The fraction of sp³-hybridized carbons (Fsp3) is 0. The van der Waals surface area contributed by atoms with E-state index in [0.29, 0.717) is 5.89 Å². The third-order valence-electron chi connectivity index (χ3n) is 8.80. The topological polar surface area (TPSA) is 90.5 Å². The molecule has 0 amide bonds. The van der Waals surface area contributed by atoms with Crippen LogP contribution in [0.4, 0.5) is 0 Å². The first kappa shape index (κ1) is 30.0. The van der Waals surface area contributed by atoms with Crippen LogP contribution < -0.4 is 0 Å². The second kappa shape index (κ2) is 13.1. The summed E-state index contributed by atoms with van der Waals surface area (Å²) in [5, 5.41) is 0. The lowest BCUT2D eigenvalue weighted by Gasteiger charge is -2.14. The molecular weight excluding hydrogens is 629 g/mol. The first-order valence-corrected chi connectivity index (χ1v) is 16.5. The Bertz CT molecular complexity index is 2330. The van der Waals surface area contributed by atoms with Gasteiger partial charge < -0.3 is 4.42 Å². The summed E-state index contributed by atoms with van der Waals surface area (Å²) in [5.41, 5.74) is 13.9. The molecule has 0 aliphatic rings. The minimum Gasteiger partial charge on any atom is -0.436 e. The van der Waals surface area contributed by atoms with Crippen LogP contribution in [0, 0.1) is 0 Å². The van der Waals surface area contributed by atoms with Crippen LogP contribution in [-0.4, -0.2) is 29.9 Å². The molecule has 0 atom stereocenters. The lowest BCUT2D eigenvalue weighted by Crippen LogP contribution is -1.94. The van der Waals surface area contributed by atoms with Gasteiger partial charge in [-0.15, -0.1) is 0 Å². The lowest BCUT2D eigenvalue weighted by atomic mass is 9.94. The smallest absolute Gasteiger partial charge is 0.227 e. The monoisotopic (exact) mass is 656 g/mol. The molecule has 9 aromatic rings. The fourth-order valence-corrected chi connectivity index (χ4v) is 6.30. The van der Waals surface area contributed by atoms with Crippen molar-refractivity contribution in [3.05, 3.63) is 171 Å². The molecule has 7 nitrogen and oxygen atoms in total. The Morgan fingerprint density at radius 2 is 0.745 bits per heavy atom. The molecule has 0 aliphatic carbocycles. The zero-order valence-electron chi connectivity index (χ0n) is 27.3. The first-order valence-electron chi connectivity index (χ1n) is 16.5. The van der Waals surface area contributed by atoms with E-state index in [2.05, 4.69) is 92.7 Å². The predicted octanol–water partition coefficient (Wildman–Crippen LogP) is 10.5. The van der Waals surface area contributed by atoms with Gasteiger partial charge in [-0.2, -0.15) is 0 Å². The van der Waals surface area contributed by atoms with E-state index in [1.165, 1.54) is 0 Å². The van der Waals surface area contributed by atoms with E-state index >= 15 is 0 Å². The lowest BCUT2D eigenvalue weighted by molar-refractivity contribution is 0.620. The van der Waals surface area contributed by atoms with E-state index in [0.717, 1.165) is 83.7 Å². The first-order chi connectivity index (χ1) is 25.2. The van der Waals surface area contributed by atoms with Crippen LogP contribution in [0.1, 0.15) is 0 Å². The van der Waals surface area contributed by atoms with E-state index in [1.807, 2.05) is 73.3 Å². The average molecular weight is 657 g/mol. The molecule has 0 spiro atoms. The highest BCUT2D eigenvalue weighted by Gasteiger charge is 2.17. The number of para-hydroxylation sites is 2. The Labute approximate surface area is 294 Å². The van der Waals surface area contributed by atoms with Crippen molar-refractivity contribution in [3.63, 3.8) is 0 Å². The van der Waals surface area contributed by atoms with Crippen molar-refractivity contribution in [2.45, 2.75) is 0 Å². The van der Waals surface area contributed by atoms with E-state index in [4.69, 9.17) is 14.4 Å². The average Bonchev–Trinajstić information content (AvgIpc) is 3.66. The molecule has 0 fully saturated rings. The second-order valence-electron chi connectivity index (χ2n) is 12.2. The van der Waals surface area contributed by atoms with Gasteiger partial charge in [-0.1, -0.05) is 36.4 Å². The number of rotatable bonds is 7. The van der Waals surface area contributed by atoms with Crippen molar-refractivity contribution in [2.75, 3.05) is 0 Å². The molecule has 6 aromatic heterocycles. The minimum absolute atomic E-state index is 0.521. The van der Waals surface area contributed by atoms with E-state index < -0.39 is 0 Å². The Hall–Kier alpha value is -7.12. The summed E-state index contributed by atoms with van der Waals surface area (Å²) in [7, 11) is 0. The number of oxazole rings is 1. The molecule has 7 heteroatoms. The molecule has 3 aromatic carbocycles. The van der Waals surface area contributed by atoms with Gasteiger partial charge in [-0.3, -0.25) is 19.9 Å². The van der Waals surface area contributed by atoms with Gasteiger partial charge in [0, 0.05) is 88.5 Å². The van der Waals surface area contributed by atoms with Crippen molar-refractivity contribution >= 4 is 11.1 Å². The van der Waals surface area contributed by atoms with Gasteiger partial charge in [0.25, 0.3) is 0 Å². The van der Waals surface area contributed by atoms with Gasteiger partial charge in [0.2, 0.25) is 5.89 Å². The summed E-state index contributed by atoms with van der Waals surface area (Å²) in [6, 6.07) is 40.9. The highest BCUT2D eigenvalue weighted by molar-refractivity contribution is 5.85. The Morgan fingerprint density at radius 3 is 1.14 bits per heavy atom. The summed E-state index contributed by atoms with van der Waals surface area (Å²) in [4.78, 5) is 27.9. The molecule has 9 rings (SSSR count). The summed E-state index contributed by atoms with van der Waals surface area (Å²) < 4.78 is 6.34. The summed E-state index contributed by atoms with van der Waals surface area (Å²) in [6.45, 7) is 0. The molecule has 240 valence electrons. The van der Waals surface area contributed by atoms with Gasteiger partial charge in [0.1, 0.15) is 5.52 Å². The highest BCUT2D eigenvalue weighted by atomic mass is 16.3. The third kappa shape index (κ3) is 6.16. The Balaban J connectivity index is 1.29. The van der Waals surface area contributed by atoms with Crippen LogP contribution in [-0.2, 0) is 0 Å². The Kier molecular flexibility index (Phi) is 7.68. The molecule has 6 heterocycles. The minimum atomic E-state index is 0.521. The molecule has 0 aliphatic heterocycles. The normalized spacial score (nSPS) is 11.1. The quantitative estimate of drug-likeness (QED) is 0.169. The summed E-state index contributed by atoms with van der Waals surface area (Å²) >= 11 is 0. The molecule has 0 saturated carbocycles. The van der Waals surface area contributed by atoms with Crippen molar-refractivity contribution in [2.24, 2.45) is 0 Å². The predicted molar refractivity (Wildman–Crippen MR) is 201 cm³/mol. The number of hydrogen-bond acceptors (Lipinski definition) is 7. The molecule has 0 saturated heterocycles. The summed E-state index contributed by atoms with van der Waals surface area (Å²) in [5.74, 6) is 0.521. The SMILES string of the molecule is c1cncc(-c2cc(-c3cccnc3)cc(-c3cc(-c4nc5ccccc5o4)cc(-c4cc(-c5cccnc5)cc(-c5cccnc5)c4)n3)c2)c1. The van der Waals surface area contributed by atoms with Crippen molar-refractivity contribution in [3.8, 4) is 78.5 Å². The van der Waals surface area contributed by atoms with Crippen LogP contribution in [0.15, 0.2) is 175 Å².